The van der Waals surface area contributed by atoms with Crippen molar-refractivity contribution < 1.29 is 14.6 Å². The minimum atomic E-state index is -1.87. The lowest BCUT2D eigenvalue weighted by Crippen LogP contribution is -2.35. The van der Waals surface area contributed by atoms with E-state index in [-0.39, 0.29) is 0 Å². The molecule has 0 fully saturated rings. The molecule has 1 rings (SSSR count). The Morgan fingerprint density at radius 1 is 1.44 bits per heavy atom. The van der Waals surface area contributed by atoms with Gasteiger partial charge in [-0.1, -0.05) is 49.1 Å². The molecule has 0 saturated heterocycles. The first-order valence-corrected chi connectivity index (χ1v) is 5.01. The third kappa shape index (κ3) is 2.41. The van der Waals surface area contributed by atoms with Crippen LogP contribution in [0, 0.1) is 11.8 Å². The lowest BCUT2D eigenvalue weighted by atomic mass is 9.94. The molecule has 0 aromatic heterocycles. The highest BCUT2D eigenvalue weighted by atomic mass is 16.5. The quantitative estimate of drug-likeness (QED) is 0.604. The van der Waals surface area contributed by atoms with Gasteiger partial charge in [0.2, 0.25) is 5.60 Å². The Morgan fingerprint density at radius 2 is 2.06 bits per heavy atom. The predicted octanol–water partition coefficient (Wildman–Crippen LogP) is 1.46. The van der Waals surface area contributed by atoms with E-state index in [9.17, 15) is 9.90 Å². The maximum atomic E-state index is 11.6. The van der Waals surface area contributed by atoms with E-state index in [1.54, 1.807) is 30.3 Å². The van der Waals surface area contributed by atoms with Crippen LogP contribution in [0.5, 0.6) is 0 Å². The number of rotatable bonds is 2. The van der Waals surface area contributed by atoms with Crippen molar-refractivity contribution >= 4 is 5.97 Å². The zero-order valence-electron chi connectivity index (χ0n) is 9.36. The number of ether oxygens (including phenoxy) is 1. The normalized spacial score (nSPS) is 13.2. The van der Waals surface area contributed by atoms with E-state index >= 15 is 0 Å². The van der Waals surface area contributed by atoms with Gasteiger partial charge >= 0.3 is 5.97 Å². The van der Waals surface area contributed by atoms with Gasteiger partial charge in [0, 0.05) is 12.0 Å². The molecule has 0 radical (unpaired) electrons. The molecule has 84 valence electrons. The fraction of sp³-hybridized carbons (Fsp3) is 0.308. The fourth-order valence-corrected chi connectivity index (χ4v) is 1.28. The molecule has 0 aliphatic heterocycles. The molecule has 1 aromatic carbocycles. The number of hydrogen-bond acceptors (Lipinski definition) is 3. The second-order valence-electron chi connectivity index (χ2n) is 3.22. The Bertz CT molecular complexity index is 414. The number of esters is 1. The molecule has 1 N–H and O–H groups in total. The van der Waals surface area contributed by atoms with E-state index in [1.807, 2.05) is 6.92 Å². The van der Waals surface area contributed by atoms with Gasteiger partial charge in [0.1, 0.15) is 0 Å². The van der Waals surface area contributed by atoms with Gasteiger partial charge in [-0.2, -0.15) is 0 Å². The number of methoxy groups -OCH3 is 1. The van der Waals surface area contributed by atoms with E-state index in [0.717, 1.165) is 0 Å². The highest BCUT2D eigenvalue weighted by molar-refractivity contribution is 5.85. The van der Waals surface area contributed by atoms with Crippen LogP contribution in [0.1, 0.15) is 18.9 Å². The van der Waals surface area contributed by atoms with E-state index in [0.29, 0.717) is 12.0 Å². The van der Waals surface area contributed by atoms with Gasteiger partial charge in [-0.3, -0.25) is 0 Å². The molecule has 16 heavy (non-hydrogen) atoms. The molecule has 0 amide bonds. The van der Waals surface area contributed by atoms with Crippen molar-refractivity contribution in [3.8, 4) is 11.8 Å². The monoisotopic (exact) mass is 218 g/mol. The standard InChI is InChI=1S/C13H14O3/c1-3-4-10-13(15,12(14)16-2)11-8-6-5-7-9-11/h5-9,15H,3H2,1-2H3/t13-/m1/s1. The van der Waals surface area contributed by atoms with Gasteiger partial charge in [-0.15, -0.1) is 0 Å². The number of carbonyl (C=O) groups is 1. The smallest absolute Gasteiger partial charge is 0.355 e. The summed E-state index contributed by atoms with van der Waals surface area (Å²) in [5.41, 5.74) is -1.45. The first-order chi connectivity index (χ1) is 7.65. The van der Waals surface area contributed by atoms with Gasteiger partial charge in [0.15, 0.2) is 0 Å². The molecule has 0 unspecified atom stereocenters. The van der Waals surface area contributed by atoms with Gasteiger partial charge in [-0.25, -0.2) is 4.79 Å². The van der Waals surface area contributed by atoms with Gasteiger partial charge in [-0.05, 0) is 0 Å². The van der Waals surface area contributed by atoms with Crippen LogP contribution in [0.15, 0.2) is 30.3 Å². The number of benzene rings is 1. The van der Waals surface area contributed by atoms with E-state index in [4.69, 9.17) is 0 Å². The third-order valence-electron chi connectivity index (χ3n) is 2.12. The highest BCUT2D eigenvalue weighted by Gasteiger charge is 2.37. The van der Waals surface area contributed by atoms with Crippen LogP contribution in [-0.4, -0.2) is 18.2 Å². The van der Waals surface area contributed by atoms with Crippen LogP contribution in [0.2, 0.25) is 0 Å². The molecule has 1 atom stereocenters. The summed E-state index contributed by atoms with van der Waals surface area (Å²) in [6.45, 7) is 1.84. The summed E-state index contributed by atoms with van der Waals surface area (Å²) in [5.74, 6) is 4.48. The van der Waals surface area contributed by atoms with E-state index in [1.165, 1.54) is 7.11 Å². The fourth-order valence-electron chi connectivity index (χ4n) is 1.28. The summed E-state index contributed by atoms with van der Waals surface area (Å²) in [4.78, 5) is 11.6. The average Bonchev–Trinajstić information content (AvgIpc) is 2.36. The largest absolute Gasteiger partial charge is 0.466 e. The first kappa shape index (κ1) is 12.3. The lowest BCUT2D eigenvalue weighted by Gasteiger charge is -2.19. The average molecular weight is 218 g/mol. The zero-order valence-corrected chi connectivity index (χ0v) is 9.36. The Hall–Kier alpha value is -1.79. The minimum Gasteiger partial charge on any atom is -0.466 e. The van der Waals surface area contributed by atoms with Crippen molar-refractivity contribution in [2.75, 3.05) is 7.11 Å². The molecule has 0 aliphatic carbocycles. The summed E-state index contributed by atoms with van der Waals surface area (Å²) >= 11 is 0. The number of aliphatic hydroxyl groups is 1. The molecule has 0 aliphatic rings. The molecule has 3 heteroatoms. The molecule has 3 nitrogen and oxygen atoms in total. The summed E-state index contributed by atoms with van der Waals surface area (Å²) in [5, 5.41) is 10.2. The topological polar surface area (TPSA) is 46.5 Å². The van der Waals surface area contributed by atoms with E-state index < -0.39 is 11.6 Å². The van der Waals surface area contributed by atoms with Crippen molar-refractivity contribution in [2.24, 2.45) is 0 Å². The molecule has 0 saturated carbocycles. The number of hydrogen-bond donors (Lipinski definition) is 1. The molecular formula is C13H14O3. The molecule has 0 bridgehead atoms. The summed E-state index contributed by atoms with van der Waals surface area (Å²) in [7, 11) is 1.23. The van der Waals surface area contributed by atoms with Crippen LogP contribution in [0.4, 0.5) is 0 Å². The van der Waals surface area contributed by atoms with Crippen LogP contribution in [0.3, 0.4) is 0 Å². The molecule has 1 aromatic rings. The zero-order chi connectivity index (χ0) is 12.0. The third-order valence-corrected chi connectivity index (χ3v) is 2.12. The SMILES string of the molecule is CCC#C[C@](O)(C(=O)OC)c1ccccc1. The number of carbonyl (C=O) groups excluding carboxylic acids is 1. The van der Waals surface area contributed by atoms with Crippen molar-refractivity contribution in [3.63, 3.8) is 0 Å². The summed E-state index contributed by atoms with van der Waals surface area (Å²) in [6.07, 6.45) is 0.562. The lowest BCUT2D eigenvalue weighted by molar-refractivity contribution is -0.157. The summed E-state index contributed by atoms with van der Waals surface area (Å²) in [6, 6.07) is 8.55. The predicted molar refractivity (Wildman–Crippen MR) is 60.4 cm³/mol. The van der Waals surface area contributed by atoms with Gasteiger partial charge in [0.25, 0.3) is 0 Å². The van der Waals surface area contributed by atoms with Gasteiger partial charge < -0.3 is 9.84 Å². The maximum Gasteiger partial charge on any atom is 0.355 e. The van der Waals surface area contributed by atoms with Crippen molar-refractivity contribution in [3.05, 3.63) is 35.9 Å². The molecular weight excluding hydrogens is 204 g/mol. The van der Waals surface area contributed by atoms with Crippen molar-refractivity contribution in [1.82, 2.24) is 0 Å². The summed E-state index contributed by atoms with van der Waals surface area (Å²) < 4.78 is 4.58. The second-order valence-corrected chi connectivity index (χ2v) is 3.22. The van der Waals surface area contributed by atoms with E-state index in [2.05, 4.69) is 16.6 Å². The van der Waals surface area contributed by atoms with Crippen molar-refractivity contribution in [2.45, 2.75) is 18.9 Å². The van der Waals surface area contributed by atoms with Crippen LogP contribution >= 0.6 is 0 Å². The maximum absolute atomic E-state index is 11.6. The Balaban J connectivity index is 3.20. The Morgan fingerprint density at radius 3 is 2.56 bits per heavy atom. The van der Waals surface area contributed by atoms with Crippen molar-refractivity contribution in [1.29, 1.82) is 0 Å². The molecule has 0 heterocycles. The van der Waals surface area contributed by atoms with Crippen LogP contribution in [0.25, 0.3) is 0 Å². The van der Waals surface area contributed by atoms with Crippen LogP contribution < -0.4 is 0 Å². The first-order valence-electron chi connectivity index (χ1n) is 5.01. The Labute approximate surface area is 95.1 Å². The highest BCUT2D eigenvalue weighted by Crippen LogP contribution is 2.21. The minimum absolute atomic E-state index is 0.419. The molecule has 0 spiro atoms. The van der Waals surface area contributed by atoms with Crippen LogP contribution in [-0.2, 0) is 15.1 Å². The van der Waals surface area contributed by atoms with Gasteiger partial charge in [0.05, 0.1) is 7.11 Å². The Kier molecular flexibility index (Phi) is 4.10. The second kappa shape index (κ2) is 5.34.